The van der Waals surface area contributed by atoms with Gasteiger partial charge in [-0.3, -0.25) is 5.32 Å². The SMILES string of the molecule is COC(=O)Nc1cccc(OCc2csc(C)n2)c1. The maximum Gasteiger partial charge on any atom is 0.411 e. The van der Waals surface area contributed by atoms with Crippen molar-refractivity contribution in [3.8, 4) is 5.75 Å². The zero-order chi connectivity index (χ0) is 13.7. The molecule has 0 fully saturated rings. The van der Waals surface area contributed by atoms with Crippen LogP contribution in [0, 0.1) is 6.92 Å². The van der Waals surface area contributed by atoms with Gasteiger partial charge in [0.1, 0.15) is 12.4 Å². The number of amides is 1. The van der Waals surface area contributed by atoms with Crippen LogP contribution in [0.25, 0.3) is 0 Å². The Hall–Kier alpha value is -2.08. The van der Waals surface area contributed by atoms with E-state index in [1.165, 1.54) is 7.11 Å². The maximum atomic E-state index is 11.1. The number of thiazole rings is 1. The number of rotatable bonds is 4. The van der Waals surface area contributed by atoms with Gasteiger partial charge >= 0.3 is 6.09 Å². The number of aryl methyl sites for hydroxylation is 1. The Morgan fingerprint density at radius 3 is 3.00 bits per heavy atom. The molecule has 1 aromatic heterocycles. The first-order valence-corrected chi connectivity index (χ1v) is 6.54. The van der Waals surface area contributed by atoms with Crippen LogP contribution in [-0.2, 0) is 11.3 Å². The molecule has 0 spiro atoms. The highest BCUT2D eigenvalue weighted by atomic mass is 32.1. The van der Waals surface area contributed by atoms with E-state index in [4.69, 9.17) is 4.74 Å². The van der Waals surface area contributed by atoms with Crippen molar-refractivity contribution in [2.75, 3.05) is 12.4 Å². The van der Waals surface area contributed by atoms with E-state index in [0.29, 0.717) is 18.0 Å². The maximum absolute atomic E-state index is 11.1. The quantitative estimate of drug-likeness (QED) is 0.933. The minimum atomic E-state index is -0.507. The molecule has 1 heterocycles. The van der Waals surface area contributed by atoms with Gasteiger partial charge < -0.3 is 9.47 Å². The Kier molecular flexibility index (Phi) is 4.35. The molecule has 1 aromatic carbocycles. The number of ether oxygens (including phenoxy) is 2. The molecular weight excluding hydrogens is 264 g/mol. The molecule has 100 valence electrons. The first-order chi connectivity index (χ1) is 9.17. The fraction of sp³-hybridized carbons (Fsp3) is 0.231. The molecule has 2 aromatic rings. The molecule has 0 aliphatic rings. The normalized spacial score (nSPS) is 10.0. The Morgan fingerprint density at radius 1 is 1.47 bits per heavy atom. The monoisotopic (exact) mass is 278 g/mol. The van der Waals surface area contributed by atoms with E-state index >= 15 is 0 Å². The molecule has 0 unspecified atom stereocenters. The second-order valence-electron chi connectivity index (χ2n) is 3.79. The van der Waals surface area contributed by atoms with Crippen LogP contribution in [0.15, 0.2) is 29.6 Å². The summed E-state index contributed by atoms with van der Waals surface area (Å²) in [5.41, 5.74) is 1.52. The molecule has 2 rings (SSSR count). The Bertz CT molecular complexity index is 569. The van der Waals surface area contributed by atoms with E-state index < -0.39 is 6.09 Å². The van der Waals surface area contributed by atoms with Gasteiger partial charge in [0.15, 0.2) is 0 Å². The van der Waals surface area contributed by atoms with Gasteiger partial charge in [0, 0.05) is 17.1 Å². The lowest BCUT2D eigenvalue weighted by Crippen LogP contribution is -2.10. The summed E-state index contributed by atoms with van der Waals surface area (Å²) < 4.78 is 10.1. The topological polar surface area (TPSA) is 60.5 Å². The molecule has 0 atom stereocenters. The number of anilines is 1. The predicted molar refractivity (Wildman–Crippen MR) is 73.7 cm³/mol. The van der Waals surface area contributed by atoms with Crippen molar-refractivity contribution in [3.63, 3.8) is 0 Å². The summed E-state index contributed by atoms with van der Waals surface area (Å²) in [7, 11) is 1.32. The third-order valence-corrected chi connectivity index (χ3v) is 3.14. The number of carbonyl (C=O) groups is 1. The first kappa shape index (κ1) is 13.4. The predicted octanol–water partition coefficient (Wildman–Crippen LogP) is 3.21. The Balaban J connectivity index is 1.97. The number of methoxy groups -OCH3 is 1. The summed E-state index contributed by atoms with van der Waals surface area (Å²) in [4.78, 5) is 15.4. The van der Waals surface area contributed by atoms with E-state index in [1.807, 2.05) is 18.4 Å². The molecule has 0 bridgehead atoms. The van der Waals surface area contributed by atoms with Gasteiger partial charge in [-0.25, -0.2) is 9.78 Å². The molecule has 0 radical (unpaired) electrons. The highest BCUT2D eigenvalue weighted by Crippen LogP contribution is 2.19. The summed E-state index contributed by atoms with van der Waals surface area (Å²) in [6.07, 6.45) is -0.507. The first-order valence-electron chi connectivity index (χ1n) is 5.66. The van der Waals surface area contributed by atoms with E-state index in [2.05, 4.69) is 15.0 Å². The number of hydrogen-bond donors (Lipinski definition) is 1. The number of carbonyl (C=O) groups excluding carboxylic acids is 1. The van der Waals surface area contributed by atoms with Crippen molar-refractivity contribution in [1.29, 1.82) is 0 Å². The van der Waals surface area contributed by atoms with Crippen molar-refractivity contribution in [1.82, 2.24) is 4.98 Å². The molecule has 1 amide bonds. The average molecular weight is 278 g/mol. The third-order valence-electron chi connectivity index (χ3n) is 2.32. The summed E-state index contributed by atoms with van der Waals surface area (Å²) >= 11 is 1.59. The summed E-state index contributed by atoms with van der Waals surface area (Å²) in [5, 5.41) is 5.56. The molecular formula is C13H14N2O3S. The van der Waals surface area contributed by atoms with Crippen molar-refractivity contribution in [3.05, 3.63) is 40.3 Å². The fourth-order valence-corrected chi connectivity index (χ4v) is 2.06. The summed E-state index contributed by atoms with van der Waals surface area (Å²) in [6, 6.07) is 7.11. The zero-order valence-corrected chi connectivity index (χ0v) is 11.5. The van der Waals surface area contributed by atoms with Crippen LogP contribution < -0.4 is 10.1 Å². The molecule has 0 aliphatic carbocycles. The zero-order valence-electron chi connectivity index (χ0n) is 10.7. The van der Waals surface area contributed by atoms with Crippen molar-refractivity contribution >= 4 is 23.1 Å². The highest BCUT2D eigenvalue weighted by molar-refractivity contribution is 7.09. The third kappa shape index (κ3) is 3.96. The standard InChI is InChI=1S/C13H14N2O3S/c1-9-14-11(8-19-9)7-18-12-5-3-4-10(6-12)15-13(16)17-2/h3-6,8H,7H2,1-2H3,(H,15,16). The van der Waals surface area contributed by atoms with Crippen molar-refractivity contribution in [2.24, 2.45) is 0 Å². The number of benzene rings is 1. The van der Waals surface area contributed by atoms with E-state index in [-0.39, 0.29) is 0 Å². The van der Waals surface area contributed by atoms with Gasteiger partial charge in [-0.1, -0.05) is 6.07 Å². The van der Waals surface area contributed by atoms with E-state index in [9.17, 15) is 4.79 Å². The summed E-state index contributed by atoms with van der Waals surface area (Å²) in [6.45, 7) is 2.36. The lowest BCUT2D eigenvalue weighted by atomic mass is 10.3. The smallest absolute Gasteiger partial charge is 0.411 e. The lowest BCUT2D eigenvalue weighted by molar-refractivity contribution is 0.187. The average Bonchev–Trinajstić information content (AvgIpc) is 2.82. The van der Waals surface area contributed by atoms with Crippen LogP contribution in [0.2, 0.25) is 0 Å². The van der Waals surface area contributed by atoms with Gasteiger partial charge in [0.25, 0.3) is 0 Å². The molecule has 19 heavy (non-hydrogen) atoms. The van der Waals surface area contributed by atoms with Crippen LogP contribution in [0.3, 0.4) is 0 Å². The van der Waals surface area contributed by atoms with Crippen LogP contribution in [0.1, 0.15) is 10.7 Å². The van der Waals surface area contributed by atoms with Crippen molar-refractivity contribution < 1.29 is 14.3 Å². The largest absolute Gasteiger partial charge is 0.487 e. The fourth-order valence-electron chi connectivity index (χ4n) is 1.46. The number of nitrogens with zero attached hydrogens (tertiary/aromatic N) is 1. The molecule has 0 saturated heterocycles. The van der Waals surface area contributed by atoms with Gasteiger partial charge in [0.2, 0.25) is 0 Å². The van der Waals surface area contributed by atoms with Gasteiger partial charge in [-0.15, -0.1) is 11.3 Å². The second-order valence-corrected chi connectivity index (χ2v) is 4.85. The summed E-state index contributed by atoms with van der Waals surface area (Å²) in [5.74, 6) is 0.666. The molecule has 5 nitrogen and oxygen atoms in total. The Morgan fingerprint density at radius 2 is 2.32 bits per heavy atom. The Labute approximate surface area is 115 Å². The van der Waals surface area contributed by atoms with Crippen LogP contribution in [0.4, 0.5) is 10.5 Å². The van der Waals surface area contributed by atoms with Crippen LogP contribution in [-0.4, -0.2) is 18.2 Å². The van der Waals surface area contributed by atoms with Crippen LogP contribution in [0.5, 0.6) is 5.75 Å². The number of hydrogen-bond acceptors (Lipinski definition) is 5. The molecule has 0 aliphatic heterocycles. The number of nitrogens with one attached hydrogen (secondary N) is 1. The second kappa shape index (κ2) is 6.19. The molecule has 0 saturated carbocycles. The van der Waals surface area contributed by atoms with Gasteiger partial charge in [-0.2, -0.15) is 0 Å². The minimum absolute atomic E-state index is 0.409. The van der Waals surface area contributed by atoms with E-state index in [1.54, 1.807) is 29.5 Å². The van der Waals surface area contributed by atoms with Gasteiger partial charge in [0.05, 0.1) is 17.8 Å². The van der Waals surface area contributed by atoms with Crippen molar-refractivity contribution in [2.45, 2.75) is 13.5 Å². The lowest BCUT2D eigenvalue weighted by Gasteiger charge is -2.07. The highest BCUT2D eigenvalue weighted by Gasteiger charge is 2.03. The molecule has 6 heteroatoms. The van der Waals surface area contributed by atoms with Crippen LogP contribution >= 0.6 is 11.3 Å². The minimum Gasteiger partial charge on any atom is -0.487 e. The van der Waals surface area contributed by atoms with Gasteiger partial charge in [-0.05, 0) is 19.1 Å². The van der Waals surface area contributed by atoms with E-state index in [0.717, 1.165) is 10.7 Å². The molecule has 1 N–H and O–H groups in total. The number of aromatic nitrogens is 1.